The number of rotatable bonds is 1. The summed E-state index contributed by atoms with van der Waals surface area (Å²) in [5.74, 6) is 0. The molecule has 0 aliphatic rings. The van der Waals surface area contributed by atoms with E-state index in [9.17, 15) is 9.13 Å². The summed E-state index contributed by atoms with van der Waals surface area (Å²) < 4.78 is 19.3. The predicted octanol–water partition coefficient (Wildman–Crippen LogP) is -0.487. The van der Waals surface area contributed by atoms with Crippen LogP contribution < -0.4 is 5.50 Å². The first-order valence-electron chi connectivity index (χ1n) is 1.29. The Morgan fingerprint density at radius 2 is 1.86 bits per heavy atom. The van der Waals surface area contributed by atoms with Gasteiger partial charge in [0.05, 0.1) is 0 Å². The zero-order valence-corrected chi connectivity index (χ0v) is 5.13. The Balaban J connectivity index is 4.09. The van der Waals surface area contributed by atoms with Crippen molar-refractivity contribution in [3.63, 3.8) is 0 Å². The van der Waals surface area contributed by atoms with Gasteiger partial charge >= 0.3 is 7.21 Å². The van der Waals surface area contributed by atoms with Crippen LogP contribution in [0, 0.1) is 0 Å². The Kier molecular flexibility index (Phi) is 2.17. The van der Waals surface area contributed by atoms with Crippen molar-refractivity contribution in [3.05, 3.63) is 0 Å². The van der Waals surface area contributed by atoms with E-state index in [0.29, 0.717) is 0 Å². The lowest BCUT2D eigenvalue weighted by Crippen LogP contribution is -1.84. The summed E-state index contributed by atoms with van der Waals surface area (Å²) in [6.07, 6.45) is 0. The standard InChI is InChI=1S/H5NO4P2/c1-7(4,5)6(2)3/h6H,(H,2,3)(H3,1,4,5). The van der Waals surface area contributed by atoms with E-state index in [1.807, 2.05) is 0 Å². The highest BCUT2D eigenvalue weighted by molar-refractivity contribution is 8.21. The SMILES string of the molecule is NP(=O)(O)[PH](=O)O. The third-order valence-electron chi connectivity index (χ3n) is 0.274. The van der Waals surface area contributed by atoms with Crippen LogP contribution in [-0.2, 0) is 9.13 Å². The Hall–Kier alpha value is 0.340. The lowest BCUT2D eigenvalue weighted by atomic mass is 13.9. The summed E-state index contributed by atoms with van der Waals surface area (Å²) >= 11 is 0. The monoisotopic (exact) mass is 145 g/mol. The first kappa shape index (κ1) is 7.34. The van der Waals surface area contributed by atoms with Crippen molar-refractivity contribution in [1.29, 1.82) is 0 Å². The van der Waals surface area contributed by atoms with Gasteiger partial charge in [-0.1, -0.05) is 0 Å². The second-order valence-electron chi connectivity index (χ2n) is 0.905. The predicted molar refractivity (Wildman–Crippen MR) is 25.2 cm³/mol. The highest BCUT2D eigenvalue weighted by atomic mass is 32.1. The van der Waals surface area contributed by atoms with Gasteiger partial charge in [-0.15, -0.1) is 0 Å². The van der Waals surface area contributed by atoms with Crippen molar-refractivity contribution >= 4 is 14.9 Å². The van der Waals surface area contributed by atoms with E-state index in [-0.39, 0.29) is 0 Å². The second kappa shape index (κ2) is 2.07. The minimum Gasteiger partial charge on any atom is -0.339 e. The van der Waals surface area contributed by atoms with Crippen LogP contribution in [0.5, 0.6) is 0 Å². The second-order valence-corrected chi connectivity index (χ2v) is 5.79. The van der Waals surface area contributed by atoms with Crippen LogP contribution in [0.2, 0.25) is 0 Å². The summed E-state index contributed by atoms with van der Waals surface area (Å²) in [5.41, 5.74) is 4.27. The zero-order valence-electron chi connectivity index (χ0n) is 3.24. The van der Waals surface area contributed by atoms with Crippen molar-refractivity contribution in [3.8, 4) is 0 Å². The fourth-order valence-electron chi connectivity index (χ4n) is 0. The molecular weight excluding hydrogens is 140 g/mol. The minimum absolute atomic E-state index is 3.41. The molecule has 0 heterocycles. The maximum atomic E-state index is 9.73. The van der Waals surface area contributed by atoms with Gasteiger partial charge in [-0.3, -0.25) is 14.6 Å². The largest absolute Gasteiger partial charge is 0.343 e. The summed E-state index contributed by atoms with van der Waals surface area (Å²) in [5, 5.41) is 0. The third-order valence-corrected chi connectivity index (χ3v) is 2.47. The van der Waals surface area contributed by atoms with Crippen molar-refractivity contribution in [1.82, 2.24) is 0 Å². The maximum absolute atomic E-state index is 9.73. The molecule has 44 valence electrons. The van der Waals surface area contributed by atoms with Gasteiger partial charge in [0.2, 0.25) is 0 Å². The minimum atomic E-state index is -4.14. The Morgan fingerprint density at radius 3 is 1.86 bits per heavy atom. The summed E-state index contributed by atoms with van der Waals surface area (Å²) in [6, 6.07) is 0. The highest BCUT2D eigenvalue weighted by Gasteiger charge is 2.16. The Labute approximate surface area is 40.4 Å². The van der Waals surface area contributed by atoms with Gasteiger partial charge in [0.25, 0.3) is 7.72 Å². The molecule has 0 spiro atoms. The van der Waals surface area contributed by atoms with Crippen LogP contribution in [-0.4, -0.2) is 9.79 Å². The molecule has 4 N–H and O–H groups in total. The van der Waals surface area contributed by atoms with Crippen LogP contribution in [0.15, 0.2) is 0 Å². The summed E-state index contributed by atoms with van der Waals surface area (Å²) in [4.78, 5) is 15.7. The smallest absolute Gasteiger partial charge is 0.339 e. The van der Waals surface area contributed by atoms with Crippen molar-refractivity contribution in [2.75, 3.05) is 0 Å². The van der Waals surface area contributed by atoms with Gasteiger partial charge < -0.3 is 9.79 Å². The Morgan fingerprint density at radius 1 is 1.71 bits per heavy atom. The van der Waals surface area contributed by atoms with Crippen LogP contribution in [0.25, 0.3) is 0 Å². The molecule has 7 heteroatoms. The molecule has 5 nitrogen and oxygen atoms in total. The average molecular weight is 145 g/mol. The van der Waals surface area contributed by atoms with E-state index >= 15 is 0 Å². The van der Waals surface area contributed by atoms with Gasteiger partial charge in [-0.2, -0.15) is 0 Å². The first-order chi connectivity index (χ1) is 2.94. The van der Waals surface area contributed by atoms with Gasteiger partial charge in [-0.25, -0.2) is 0 Å². The van der Waals surface area contributed by atoms with E-state index in [0.717, 1.165) is 0 Å². The van der Waals surface area contributed by atoms with E-state index in [1.54, 1.807) is 0 Å². The molecule has 0 bridgehead atoms. The lowest BCUT2D eigenvalue weighted by molar-refractivity contribution is 0.470. The van der Waals surface area contributed by atoms with E-state index in [2.05, 4.69) is 5.50 Å². The Bertz CT molecular complexity index is 122. The fraction of sp³-hybridized carbons (Fsp3) is 0. The van der Waals surface area contributed by atoms with Crippen molar-refractivity contribution in [2.24, 2.45) is 5.50 Å². The molecule has 0 aliphatic carbocycles. The molecule has 0 aromatic carbocycles. The van der Waals surface area contributed by atoms with Crippen LogP contribution in [0.4, 0.5) is 0 Å². The van der Waals surface area contributed by atoms with Gasteiger partial charge in [0.1, 0.15) is 0 Å². The summed E-state index contributed by atoms with van der Waals surface area (Å²) in [7, 11) is -7.55. The molecule has 0 saturated heterocycles. The molecule has 7 heavy (non-hydrogen) atoms. The molecule has 0 aromatic rings. The van der Waals surface area contributed by atoms with Crippen molar-refractivity contribution < 1.29 is 18.9 Å². The molecule has 2 unspecified atom stereocenters. The molecule has 2 atom stereocenters. The van der Waals surface area contributed by atoms with Crippen LogP contribution >= 0.6 is 14.9 Å². The average Bonchev–Trinajstić information content (AvgIpc) is 1.31. The maximum Gasteiger partial charge on any atom is 0.343 e. The number of hydrogen-bond donors (Lipinski definition) is 3. The third kappa shape index (κ3) is 2.97. The van der Waals surface area contributed by atoms with E-state index in [1.165, 1.54) is 0 Å². The number of nitrogens with two attached hydrogens (primary N) is 1. The van der Waals surface area contributed by atoms with Crippen LogP contribution in [0.3, 0.4) is 0 Å². The van der Waals surface area contributed by atoms with Crippen LogP contribution in [0.1, 0.15) is 0 Å². The quantitative estimate of drug-likeness (QED) is 0.432. The molecule has 0 rings (SSSR count). The van der Waals surface area contributed by atoms with Gasteiger partial charge in [0, 0.05) is 0 Å². The molecule has 0 aliphatic heterocycles. The molecule has 0 amide bonds. The van der Waals surface area contributed by atoms with E-state index in [4.69, 9.17) is 9.79 Å². The molecule has 0 aromatic heterocycles. The summed E-state index contributed by atoms with van der Waals surface area (Å²) in [6.45, 7) is 0. The first-order valence-corrected chi connectivity index (χ1v) is 5.22. The molecular formula is H5NO4P2. The highest BCUT2D eigenvalue weighted by Crippen LogP contribution is 2.55. The van der Waals surface area contributed by atoms with Gasteiger partial charge in [0.15, 0.2) is 0 Å². The molecule has 0 radical (unpaired) electrons. The fourth-order valence-corrected chi connectivity index (χ4v) is 0. The van der Waals surface area contributed by atoms with E-state index < -0.39 is 14.9 Å². The van der Waals surface area contributed by atoms with Crippen molar-refractivity contribution in [2.45, 2.75) is 0 Å². The topological polar surface area (TPSA) is 101 Å². The zero-order chi connectivity index (χ0) is 6.08. The lowest BCUT2D eigenvalue weighted by Gasteiger charge is -1.94. The molecule has 0 saturated carbocycles. The normalized spacial score (nSPS) is 23.3. The molecule has 0 fully saturated rings. The number of hydrogen-bond acceptors (Lipinski definition) is 2. The van der Waals surface area contributed by atoms with Gasteiger partial charge in [-0.05, 0) is 0 Å².